The molecule has 1 heterocycles. The van der Waals surface area contributed by atoms with E-state index in [1.165, 1.54) is 26.7 Å². The van der Waals surface area contributed by atoms with Gasteiger partial charge in [-0.05, 0) is 89.6 Å². The minimum atomic E-state index is -0.259. The lowest BCUT2D eigenvalue weighted by Crippen LogP contribution is -2.50. The van der Waals surface area contributed by atoms with Gasteiger partial charge in [-0.15, -0.1) is 0 Å². The summed E-state index contributed by atoms with van der Waals surface area (Å²) in [6.45, 7) is 7.44. The first kappa shape index (κ1) is 22.1. The molecule has 0 radical (unpaired) electrons. The van der Waals surface area contributed by atoms with Crippen molar-refractivity contribution in [3.8, 4) is 0 Å². The number of benzene rings is 2. The first-order valence-corrected chi connectivity index (χ1v) is 13.0. The molecule has 4 atom stereocenters. The summed E-state index contributed by atoms with van der Waals surface area (Å²) in [7, 11) is 0. The van der Waals surface area contributed by atoms with Crippen LogP contribution < -0.4 is 5.32 Å². The summed E-state index contributed by atoms with van der Waals surface area (Å²) in [6.07, 6.45) is 9.04. The Kier molecular flexibility index (Phi) is 5.95. The third-order valence-electron chi connectivity index (χ3n) is 8.35. The number of nitrogens with one attached hydrogen (secondary N) is 1. The normalized spacial score (nSPS) is 31.7. The van der Waals surface area contributed by atoms with Crippen LogP contribution in [0.4, 0.5) is 0 Å². The molecule has 2 unspecified atom stereocenters. The molecule has 1 saturated carbocycles. The molecule has 3 nitrogen and oxygen atoms in total. The van der Waals surface area contributed by atoms with Gasteiger partial charge in [0.2, 0.25) is 5.91 Å². The van der Waals surface area contributed by atoms with Crippen LogP contribution in [0.1, 0.15) is 56.2 Å². The van der Waals surface area contributed by atoms with E-state index in [9.17, 15) is 4.79 Å². The molecule has 0 aromatic heterocycles. The van der Waals surface area contributed by atoms with Gasteiger partial charge in [-0.1, -0.05) is 62.4 Å². The number of hydrogen-bond acceptors (Lipinski definition) is 2. The monoisotopic (exact) mass is 540 g/mol. The minimum absolute atomic E-state index is 0.194. The first-order chi connectivity index (χ1) is 15.4. The third kappa shape index (κ3) is 3.94. The molecule has 1 N–H and O–H groups in total. The second-order valence-corrected chi connectivity index (χ2v) is 11.6. The molecule has 2 fully saturated rings. The largest absolute Gasteiger partial charge is 0.352 e. The van der Waals surface area contributed by atoms with Crippen molar-refractivity contribution in [1.82, 2.24) is 10.2 Å². The van der Waals surface area contributed by atoms with Gasteiger partial charge in [-0.25, -0.2) is 0 Å². The van der Waals surface area contributed by atoms with Gasteiger partial charge in [0.15, 0.2) is 0 Å². The van der Waals surface area contributed by atoms with Gasteiger partial charge in [0.05, 0.1) is 0 Å². The highest BCUT2D eigenvalue weighted by Gasteiger charge is 2.48. The molecule has 4 heteroatoms. The number of nitrogens with zero attached hydrogens (tertiary/aromatic N) is 1. The van der Waals surface area contributed by atoms with Crippen LogP contribution in [0.3, 0.4) is 0 Å². The first-order valence-electron chi connectivity index (χ1n) is 12.0. The van der Waals surface area contributed by atoms with Crippen molar-refractivity contribution in [2.45, 2.75) is 57.5 Å². The van der Waals surface area contributed by atoms with Crippen LogP contribution in [0, 0.1) is 14.9 Å². The Morgan fingerprint density at radius 3 is 2.84 bits per heavy atom. The summed E-state index contributed by atoms with van der Waals surface area (Å²) < 4.78 is 1.21. The molecule has 168 valence electrons. The predicted molar refractivity (Wildman–Crippen MR) is 139 cm³/mol. The number of carbonyl (C=O) groups excluding carboxylic acids is 1. The van der Waals surface area contributed by atoms with E-state index in [-0.39, 0.29) is 16.7 Å². The number of piperidine rings is 1. The highest BCUT2D eigenvalue weighted by molar-refractivity contribution is 14.1. The topological polar surface area (TPSA) is 32.3 Å². The fourth-order valence-electron chi connectivity index (χ4n) is 6.32. The Morgan fingerprint density at radius 1 is 1.19 bits per heavy atom. The summed E-state index contributed by atoms with van der Waals surface area (Å²) in [5.41, 5.74) is 4.01. The third-order valence-corrected chi connectivity index (χ3v) is 9.02. The maximum Gasteiger partial charge on any atom is 0.226 e. The van der Waals surface area contributed by atoms with Gasteiger partial charge >= 0.3 is 0 Å². The average Bonchev–Trinajstić information content (AvgIpc) is 3.37. The van der Waals surface area contributed by atoms with E-state index in [0.29, 0.717) is 18.5 Å². The van der Waals surface area contributed by atoms with Crippen LogP contribution in [0.2, 0.25) is 0 Å². The maximum atomic E-state index is 13.1. The average molecular weight is 540 g/mol. The van der Waals surface area contributed by atoms with Crippen LogP contribution in [0.5, 0.6) is 0 Å². The zero-order chi connectivity index (χ0) is 22.3. The lowest BCUT2D eigenvalue weighted by Gasteiger charge is -2.46. The van der Waals surface area contributed by atoms with Gasteiger partial charge in [0.25, 0.3) is 0 Å². The van der Waals surface area contributed by atoms with Crippen molar-refractivity contribution in [1.29, 1.82) is 0 Å². The van der Waals surface area contributed by atoms with E-state index in [1.54, 1.807) is 0 Å². The number of halogens is 1. The van der Waals surface area contributed by atoms with E-state index in [0.717, 1.165) is 32.4 Å². The van der Waals surface area contributed by atoms with E-state index >= 15 is 0 Å². The fraction of sp³-hybridized carbons (Fsp3) is 0.464. The van der Waals surface area contributed by atoms with Crippen LogP contribution in [-0.4, -0.2) is 29.9 Å². The Labute approximate surface area is 205 Å². The van der Waals surface area contributed by atoms with Crippen LogP contribution in [0.15, 0.2) is 54.6 Å². The van der Waals surface area contributed by atoms with Gasteiger partial charge < -0.3 is 5.32 Å². The van der Waals surface area contributed by atoms with E-state index in [2.05, 4.69) is 107 Å². The molecule has 1 amide bonds. The summed E-state index contributed by atoms with van der Waals surface area (Å²) >= 11 is 2.32. The molecular weight excluding hydrogens is 507 g/mol. The van der Waals surface area contributed by atoms with Gasteiger partial charge in [0, 0.05) is 33.5 Å². The van der Waals surface area contributed by atoms with E-state index < -0.39 is 0 Å². The number of likely N-dealkylation sites (tertiary alicyclic amines) is 1. The van der Waals surface area contributed by atoms with Crippen molar-refractivity contribution in [3.05, 3.63) is 74.9 Å². The van der Waals surface area contributed by atoms with E-state index in [4.69, 9.17) is 0 Å². The maximum absolute atomic E-state index is 13.1. The summed E-state index contributed by atoms with van der Waals surface area (Å²) in [5.74, 6) is 0.797. The number of allylic oxidation sites excluding steroid dienone is 1. The van der Waals surface area contributed by atoms with Gasteiger partial charge in [-0.2, -0.15) is 0 Å². The molecule has 2 aliphatic carbocycles. The Bertz CT molecular complexity index is 1050. The Hall–Kier alpha value is -1.66. The molecular formula is C28H33IN2O. The zero-order valence-corrected chi connectivity index (χ0v) is 21.3. The fourth-order valence-corrected chi connectivity index (χ4v) is 6.93. The zero-order valence-electron chi connectivity index (χ0n) is 19.1. The second-order valence-electron chi connectivity index (χ2n) is 10.4. The van der Waals surface area contributed by atoms with Crippen molar-refractivity contribution in [3.63, 3.8) is 0 Å². The smallest absolute Gasteiger partial charge is 0.226 e. The summed E-state index contributed by atoms with van der Waals surface area (Å²) in [4.78, 5) is 15.8. The number of amides is 1. The Morgan fingerprint density at radius 2 is 2.03 bits per heavy atom. The lowest BCUT2D eigenvalue weighted by molar-refractivity contribution is -0.130. The molecule has 1 aliphatic heterocycles. The molecule has 1 spiro atoms. The summed E-state index contributed by atoms with van der Waals surface area (Å²) in [5, 5.41) is 3.22. The lowest BCUT2D eigenvalue weighted by atomic mass is 9.68. The highest BCUT2D eigenvalue weighted by Crippen LogP contribution is 2.49. The van der Waals surface area contributed by atoms with Crippen LogP contribution in [0.25, 0.3) is 6.08 Å². The predicted octanol–water partition coefficient (Wildman–Crippen LogP) is 5.77. The van der Waals surface area contributed by atoms with Crippen molar-refractivity contribution in [2.24, 2.45) is 11.3 Å². The van der Waals surface area contributed by atoms with Gasteiger partial charge in [-0.3, -0.25) is 9.69 Å². The van der Waals surface area contributed by atoms with Crippen LogP contribution >= 0.6 is 22.6 Å². The summed E-state index contributed by atoms with van der Waals surface area (Å²) in [6, 6.07) is 17.8. The molecule has 0 bridgehead atoms. The molecule has 2 aromatic carbocycles. The standard InChI is InChI=1S/C28H33IN2O/c1-20-19-31(15-14-28(20)13-10-22-7-3-4-9-25(22)28)24-11-12-27(2,17-24)26(32)30-18-21-6-5-8-23(29)16-21/h3-10,13,16,20,24H,11-12,14-15,17-19H2,1-2H3,(H,30,32)/t20-,24?,27?,28-/m0/s1. The second kappa shape index (κ2) is 8.60. The number of fused-ring (bicyclic) bond motifs is 2. The highest BCUT2D eigenvalue weighted by atomic mass is 127. The Balaban J connectivity index is 1.21. The van der Waals surface area contributed by atoms with Crippen LogP contribution in [-0.2, 0) is 16.8 Å². The molecule has 2 aromatic rings. The SMILES string of the molecule is C[C@H]1CN(C2CCC(C)(C(=O)NCc3cccc(I)c3)C2)CC[C@@]12C=Cc1ccccc12. The number of rotatable bonds is 4. The molecule has 32 heavy (non-hydrogen) atoms. The van der Waals surface area contributed by atoms with Crippen molar-refractivity contribution < 1.29 is 4.79 Å². The number of hydrogen-bond donors (Lipinski definition) is 1. The minimum Gasteiger partial charge on any atom is -0.352 e. The quantitative estimate of drug-likeness (QED) is 0.500. The number of carbonyl (C=O) groups is 1. The molecule has 1 saturated heterocycles. The van der Waals surface area contributed by atoms with Crippen molar-refractivity contribution in [2.75, 3.05) is 13.1 Å². The van der Waals surface area contributed by atoms with Gasteiger partial charge in [0.1, 0.15) is 0 Å². The molecule has 5 rings (SSSR count). The van der Waals surface area contributed by atoms with Crippen molar-refractivity contribution >= 4 is 34.6 Å². The molecule has 3 aliphatic rings. The van der Waals surface area contributed by atoms with E-state index in [1.807, 2.05) is 0 Å².